The van der Waals surface area contributed by atoms with E-state index < -0.39 is 0 Å². The SMILES string of the molecule is CCCCCCCCOC(CCC)CNC. The summed E-state index contributed by atoms with van der Waals surface area (Å²) in [5.74, 6) is 0. The molecule has 0 aliphatic heterocycles. The molecule has 0 amide bonds. The van der Waals surface area contributed by atoms with Crippen LogP contribution in [0.1, 0.15) is 65.2 Å². The fraction of sp³-hybridized carbons (Fsp3) is 1.00. The number of unbranched alkanes of at least 4 members (excludes halogenated alkanes) is 5. The van der Waals surface area contributed by atoms with Crippen molar-refractivity contribution in [2.75, 3.05) is 20.2 Å². The average molecular weight is 229 g/mol. The molecule has 0 saturated heterocycles. The van der Waals surface area contributed by atoms with Crippen molar-refractivity contribution in [2.45, 2.75) is 71.3 Å². The van der Waals surface area contributed by atoms with E-state index in [1.807, 2.05) is 7.05 Å². The normalized spacial score (nSPS) is 12.9. The molecule has 2 heteroatoms. The Labute approximate surface area is 102 Å². The second kappa shape index (κ2) is 13.0. The van der Waals surface area contributed by atoms with E-state index in [4.69, 9.17) is 4.74 Å². The lowest BCUT2D eigenvalue weighted by atomic mass is 10.1. The maximum atomic E-state index is 5.87. The van der Waals surface area contributed by atoms with Crippen LogP contribution < -0.4 is 5.32 Å². The summed E-state index contributed by atoms with van der Waals surface area (Å²) in [5.41, 5.74) is 0. The molecule has 1 N–H and O–H groups in total. The summed E-state index contributed by atoms with van der Waals surface area (Å²) in [5, 5.41) is 3.20. The number of ether oxygens (including phenoxy) is 1. The van der Waals surface area contributed by atoms with Crippen LogP contribution in [0.5, 0.6) is 0 Å². The molecule has 0 aromatic carbocycles. The quantitative estimate of drug-likeness (QED) is 0.515. The second-order valence-electron chi connectivity index (χ2n) is 4.61. The van der Waals surface area contributed by atoms with E-state index in [0.29, 0.717) is 6.10 Å². The molecule has 98 valence electrons. The number of hydrogen-bond acceptors (Lipinski definition) is 2. The highest BCUT2D eigenvalue weighted by molar-refractivity contribution is 4.59. The van der Waals surface area contributed by atoms with E-state index in [9.17, 15) is 0 Å². The van der Waals surface area contributed by atoms with Gasteiger partial charge in [0.15, 0.2) is 0 Å². The van der Waals surface area contributed by atoms with Gasteiger partial charge < -0.3 is 10.1 Å². The first-order valence-corrected chi connectivity index (χ1v) is 7.11. The first kappa shape index (κ1) is 15.9. The van der Waals surface area contributed by atoms with Gasteiger partial charge in [0.25, 0.3) is 0 Å². The summed E-state index contributed by atoms with van der Waals surface area (Å²) in [6.07, 6.45) is 10.9. The summed E-state index contributed by atoms with van der Waals surface area (Å²) in [4.78, 5) is 0. The van der Waals surface area contributed by atoms with Gasteiger partial charge in [-0.2, -0.15) is 0 Å². The molecule has 0 aliphatic rings. The maximum Gasteiger partial charge on any atom is 0.0699 e. The lowest BCUT2D eigenvalue weighted by molar-refractivity contribution is 0.0457. The third kappa shape index (κ3) is 10.4. The van der Waals surface area contributed by atoms with Crippen molar-refractivity contribution in [1.29, 1.82) is 0 Å². The van der Waals surface area contributed by atoms with Crippen LogP contribution in [-0.2, 0) is 4.74 Å². The van der Waals surface area contributed by atoms with E-state index in [-0.39, 0.29) is 0 Å². The van der Waals surface area contributed by atoms with Crippen LogP contribution in [0.4, 0.5) is 0 Å². The number of hydrogen-bond donors (Lipinski definition) is 1. The van der Waals surface area contributed by atoms with Gasteiger partial charge in [0, 0.05) is 13.2 Å². The predicted octanol–water partition coefficient (Wildman–Crippen LogP) is 3.75. The molecule has 16 heavy (non-hydrogen) atoms. The Hall–Kier alpha value is -0.0800. The van der Waals surface area contributed by atoms with E-state index in [2.05, 4.69) is 19.2 Å². The Morgan fingerprint density at radius 1 is 0.938 bits per heavy atom. The van der Waals surface area contributed by atoms with Crippen molar-refractivity contribution >= 4 is 0 Å². The van der Waals surface area contributed by atoms with Gasteiger partial charge in [0.2, 0.25) is 0 Å². The van der Waals surface area contributed by atoms with E-state index in [0.717, 1.165) is 13.2 Å². The molecule has 2 nitrogen and oxygen atoms in total. The molecular weight excluding hydrogens is 198 g/mol. The lowest BCUT2D eigenvalue weighted by Crippen LogP contribution is -2.26. The highest BCUT2D eigenvalue weighted by Gasteiger charge is 2.05. The minimum atomic E-state index is 0.422. The topological polar surface area (TPSA) is 21.3 Å². The lowest BCUT2D eigenvalue weighted by Gasteiger charge is -2.16. The van der Waals surface area contributed by atoms with Crippen LogP contribution >= 0.6 is 0 Å². The Morgan fingerprint density at radius 2 is 1.62 bits per heavy atom. The van der Waals surface area contributed by atoms with Crippen molar-refractivity contribution < 1.29 is 4.74 Å². The molecule has 0 radical (unpaired) electrons. The molecule has 0 spiro atoms. The van der Waals surface area contributed by atoms with E-state index >= 15 is 0 Å². The third-order valence-electron chi connectivity index (χ3n) is 2.89. The van der Waals surface area contributed by atoms with Crippen molar-refractivity contribution in [3.05, 3.63) is 0 Å². The van der Waals surface area contributed by atoms with Gasteiger partial charge in [0.05, 0.1) is 6.10 Å². The number of rotatable bonds is 12. The van der Waals surface area contributed by atoms with Crippen molar-refractivity contribution in [2.24, 2.45) is 0 Å². The van der Waals surface area contributed by atoms with E-state index in [1.54, 1.807) is 0 Å². The van der Waals surface area contributed by atoms with Gasteiger partial charge in [-0.15, -0.1) is 0 Å². The van der Waals surface area contributed by atoms with Crippen molar-refractivity contribution in [3.63, 3.8) is 0 Å². The van der Waals surface area contributed by atoms with Gasteiger partial charge in [-0.1, -0.05) is 52.4 Å². The number of nitrogens with one attached hydrogen (secondary N) is 1. The third-order valence-corrected chi connectivity index (χ3v) is 2.89. The van der Waals surface area contributed by atoms with Crippen LogP contribution in [0.2, 0.25) is 0 Å². The van der Waals surface area contributed by atoms with Crippen LogP contribution in [0.3, 0.4) is 0 Å². The summed E-state index contributed by atoms with van der Waals surface area (Å²) < 4.78 is 5.87. The smallest absolute Gasteiger partial charge is 0.0699 e. The first-order valence-electron chi connectivity index (χ1n) is 7.11. The van der Waals surface area contributed by atoms with Crippen LogP contribution in [0, 0.1) is 0 Å². The number of likely N-dealkylation sites (N-methyl/N-ethyl adjacent to an activating group) is 1. The second-order valence-corrected chi connectivity index (χ2v) is 4.61. The highest BCUT2D eigenvalue weighted by atomic mass is 16.5. The molecule has 0 aliphatic carbocycles. The van der Waals surface area contributed by atoms with Gasteiger partial charge in [0.1, 0.15) is 0 Å². The average Bonchev–Trinajstić information content (AvgIpc) is 2.28. The van der Waals surface area contributed by atoms with Crippen LogP contribution in [0.15, 0.2) is 0 Å². The summed E-state index contributed by atoms with van der Waals surface area (Å²) >= 11 is 0. The molecular formula is C14H31NO. The van der Waals surface area contributed by atoms with Gasteiger partial charge >= 0.3 is 0 Å². The molecule has 0 fully saturated rings. The van der Waals surface area contributed by atoms with Crippen molar-refractivity contribution in [3.8, 4) is 0 Å². The summed E-state index contributed by atoms with van der Waals surface area (Å²) in [6, 6.07) is 0. The van der Waals surface area contributed by atoms with Crippen LogP contribution in [0.25, 0.3) is 0 Å². The molecule has 1 atom stereocenters. The molecule has 0 aromatic rings. The summed E-state index contributed by atoms with van der Waals surface area (Å²) in [7, 11) is 2.00. The fourth-order valence-corrected chi connectivity index (χ4v) is 1.93. The summed E-state index contributed by atoms with van der Waals surface area (Å²) in [6.45, 7) is 6.41. The first-order chi connectivity index (χ1) is 7.85. The minimum Gasteiger partial charge on any atom is -0.377 e. The van der Waals surface area contributed by atoms with Crippen LogP contribution in [-0.4, -0.2) is 26.3 Å². The Balaban J connectivity index is 3.25. The monoisotopic (exact) mass is 229 g/mol. The highest BCUT2D eigenvalue weighted by Crippen LogP contribution is 2.07. The predicted molar refractivity (Wildman–Crippen MR) is 72.0 cm³/mol. The molecule has 0 saturated carbocycles. The molecule has 0 heterocycles. The van der Waals surface area contributed by atoms with E-state index in [1.165, 1.54) is 51.4 Å². The van der Waals surface area contributed by atoms with Crippen molar-refractivity contribution in [1.82, 2.24) is 5.32 Å². The Kier molecular flexibility index (Phi) is 12.9. The minimum absolute atomic E-state index is 0.422. The molecule has 0 aromatic heterocycles. The standard InChI is InChI=1S/C14H31NO/c1-4-6-7-8-9-10-12-16-14(11-5-2)13-15-3/h14-15H,4-13H2,1-3H3. The van der Waals surface area contributed by atoms with Gasteiger partial charge in [-0.25, -0.2) is 0 Å². The zero-order chi connectivity index (χ0) is 12.1. The van der Waals surface area contributed by atoms with Gasteiger partial charge in [-0.05, 0) is 19.9 Å². The Morgan fingerprint density at radius 3 is 2.25 bits per heavy atom. The molecule has 0 rings (SSSR count). The largest absolute Gasteiger partial charge is 0.377 e. The zero-order valence-corrected chi connectivity index (χ0v) is 11.6. The molecule has 0 bridgehead atoms. The zero-order valence-electron chi connectivity index (χ0n) is 11.6. The fourth-order valence-electron chi connectivity index (χ4n) is 1.93. The van der Waals surface area contributed by atoms with Gasteiger partial charge in [-0.3, -0.25) is 0 Å². The Bertz CT molecular complexity index is 122. The molecule has 1 unspecified atom stereocenters. The maximum absolute atomic E-state index is 5.87.